The molecule has 0 aliphatic heterocycles. The first-order chi connectivity index (χ1) is 10.3. The molecule has 0 saturated heterocycles. The second-order valence-corrected chi connectivity index (χ2v) is 6.13. The van der Waals surface area contributed by atoms with Crippen molar-refractivity contribution in [2.75, 3.05) is 0 Å². The Hall–Kier alpha value is -2.00. The zero-order valence-electron chi connectivity index (χ0n) is 11.8. The molecule has 0 radical (unpaired) electrons. The van der Waals surface area contributed by atoms with Gasteiger partial charge in [0.15, 0.2) is 10.8 Å². The zero-order chi connectivity index (χ0) is 14.5. The lowest BCUT2D eigenvalue weighted by atomic mass is 10.1. The Bertz CT molecular complexity index is 700. The number of para-hydroxylation sites is 1. The number of carbonyl (C=O) groups excluding carboxylic acids is 1. The second-order valence-electron chi connectivity index (χ2n) is 5.10. The number of unbranched alkanes of at least 4 members (excludes halogenated alkanes) is 1. The minimum atomic E-state index is 0.171. The summed E-state index contributed by atoms with van der Waals surface area (Å²) in [6, 6.07) is 18.3. The maximum Gasteiger partial charge on any atom is 0.191 e. The molecule has 0 saturated carbocycles. The Kier molecular flexibility index (Phi) is 4.41. The molecule has 3 heteroatoms. The van der Waals surface area contributed by atoms with Crippen molar-refractivity contribution in [3.63, 3.8) is 0 Å². The second kappa shape index (κ2) is 6.64. The van der Waals surface area contributed by atoms with Gasteiger partial charge in [-0.15, -0.1) is 11.3 Å². The molecule has 0 N–H and O–H groups in total. The molecular formula is C18H17NOS. The van der Waals surface area contributed by atoms with Crippen molar-refractivity contribution in [2.24, 2.45) is 0 Å². The van der Waals surface area contributed by atoms with E-state index in [9.17, 15) is 4.79 Å². The number of carbonyl (C=O) groups is 1. The van der Waals surface area contributed by atoms with Gasteiger partial charge in [-0.1, -0.05) is 42.5 Å². The van der Waals surface area contributed by atoms with Crippen LogP contribution < -0.4 is 0 Å². The first-order valence-electron chi connectivity index (χ1n) is 7.25. The average molecular weight is 295 g/mol. The summed E-state index contributed by atoms with van der Waals surface area (Å²) in [6.45, 7) is 0. The average Bonchev–Trinajstić information content (AvgIpc) is 2.96. The molecule has 2 aromatic carbocycles. The minimum Gasteiger partial charge on any atom is -0.292 e. The first kappa shape index (κ1) is 14.0. The number of Topliss-reactive ketones (excluding diaryl/α,β-unsaturated/α-hetero) is 1. The summed E-state index contributed by atoms with van der Waals surface area (Å²) >= 11 is 1.50. The summed E-state index contributed by atoms with van der Waals surface area (Å²) < 4.78 is 1.09. The SMILES string of the molecule is O=C(CCCCc1ccccc1)c1nc2ccccc2s1. The van der Waals surface area contributed by atoms with Crippen molar-refractivity contribution < 1.29 is 4.79 Å². The molecule has 0 aliphatic rings. The predicted molar refractivity (Wildman–Crippen MR) is 87.9 cm³/mol. The van der Waals surface area contributed by atoms with Gasteiger partial charge >= 0.3 is 0 Å². The zero-order valence-corrected chi connectivity index (χ0v) is 12.6. The fourth-order valence-corrected chi connectivity index (χ4v) is 3.29. The van der Waals surface area contributed by atoms with E-state index in [1.807, 2.05) is 30.3 Å². The third-order valence-corrected chi connectivity index (χ3v) is 4.57. The van der Waals surface area contributed by atoms with Crippen LogP contribution in [0.4, 0.5) is 0 Å². The van der Waals surface area contributed by atoms with Crippen LogP contribution in [0.15, 0.2) is 54.6 Å². The van der Waals surface area contributed by atoms with E-state index in [0.717, 1.165) is 29.5 Å². The smallest absolute Gasteiger partial charge is 0.191 e. The van der Waals surface area contributed by atoms with E-state index < -0.39 is 0 Å². The molecule has 21 heavy (non-hydrogen) atoms. The number of aromatic nitrogens is 1. The number of thiazole rings is 1. The van der Waals surface area contributed by atoms with Crippen molar-refractivity contribution in [1.82, 2.24) is 4.98 Å². The van der Waals surface area contributed by atoms with Crippen LogP contribution >= 0.6 is 11.3 Å². The number of fused-ring (bicyclic) bond motifs is 1. The predicted octanol–water partition coefficient (Wildman–Crippen LogP) is 4.89. The van der Waals surface area contributed by atoms with Gasteiger partial charge in [-0.3, -0.25) is 4.79 Å². The van der Waals surface area contributed by atoms with Crippen LogP contribution in [0.1, 0.15) is 34.6 Å². The topological polar surface area (TPSA) is 30.0 Å². The van der Waals surface area contributed by atoms with Gasteiger partial charge < -0.3 is 0 Å². The highest BCUT2D eigenvalue weighted by Gasteiger charge is 2.11. The molecule has 3 rings (SSSR count). The molecule has 0 amide bonds. The normalized spacial score (nSPS) is 10.9. The maximum absolute atomic E-state index is 12.2. The van der Waals surface area contributed by atoms with Crippen molar-refractivity contribution >= 4 is 27.3 Å². The summed E-state index contributed by atoms with van der Waals surface area (Å²) in [5.74, 6) is 0.171. The summed E-state index contributed by atoms with van der Waals surface area (Å²) in [5, 5.41) is 0.649. The number of rotatable bonds is 6. The molecule has 2 nitrogen and oxygen atoms in total. The number of hydrogen-bond acceptors (Lipinski definition) is 3. The quantitative estimate of drug-likeness (QED) is 0.478. The number of nitrogens with zero attached hydrogens (tertiary/aromatic N) is 1. The number of aryl methyl sites for hydroxylation is 1. The minimum absolute atomic E-state index is 0.171. The van der Waals surface area contributed by atoms with Crippen LogP contribution in [-0.2, 0) is 6.42 Å². The van der Waals surface area contributed by atoms with Gasteiger partial charge in [0.25, 0.3) is 0 Å². The summed E-state index contributed by atoms with van der Waals surface area (Å²) in [5.41, 5.74) is 2.26. The maximum atomic E-state index is 12.2. The lowest BCUT2D eigenvalue weighted by molar-refractivity contribution is 0.0979. The lowest BCUT2D eigenvalue weighted by Gasteiger charge is -2.00. The Labute approximate surface area is 128 Å². The summed E-state index contributed by atoms with van der Waals surface area (Å²) in [6.07, 6.45) is 3.59. The van der Waals surface area contributed by atoms with E-state index in [-0.39, 0.29) is 5.78 Å². The molecule has 106 valence electrons. The van der Waals surface area contributed by atoms with Crippen LogP contribution in [-0.4, -0.2) is 10.8 Å². The molecule has 0 fully saturated rings. The van der Waals surface area contributed by atoms with Crippen LogP contribution in [0.3, 0.4) is 0 Å². The van der Waals surface area contributed by atoms with E-state index >= 15 is 0 Å². The highest BCUT2D eigenvalue weighted by Crippen LogP contribution is 2.23. The molecule has 1 heterocycles. The third kappa shape index (κ3) is 3.56. The fraction of sp³-hybridized carbons (Fsp3) is 0.222. The largest absolute Gasteiger partial charge is 0.292 e. The van der Waals surface area contributed by atoms with Crippen LogP contribution in [0, 0.1) is 0 Å². The number of hydrogen-bond donors (Lipinski definition) is 0. The number of ketones is 1. The van der Waals surface area contributed by atoms with Crippen molar-refractivity contribution in [3.8, 4) is 0 Å². The van der Waals surface area contributed by atoms with Gasteiger partial charge in [0.05, 0.1) is 10.2 Å². The lowest BCUT2D eigenvalue weighted by Crippen LogP contribution is -1.98. The van der Waals surface area contributed by atoms with E-state index in [1.54, 1.807) is 0 Å². The molecular weight excluding hydrogens is 278 g/mol. The van der Waals surface area contributed by atoms with Crippen LogP contribution in [0.2, 0.25) is 0 Å². The molecule has 0 bridgehead atoms. The van der Waals surface area contributed by atoms with E-state index in [4.69, 9.17) is 0 Å². The molecule has 0 aliphatic carbocycles. The van der Waals surface area contributed by atoms with Gasteiger partial charge in [-0.05, 0) is 37.0 Å². The highest BCUT2D eigenvalue weighted by molar-refractivity contribution is 7.20. The third-order valence-electron chi connectivity index (χ3n) is 3.49. The number of benzene rings is 2. The highest BCUT2D eigenvalue weighted by atomic mass is 32.1. The van der Waals surface area contributed by atoms with Gasteiger partial charge in [0.1, 0.15) is 0 Å². The van der Waals surface area contributed by atoms with Crippen LogP contribution in [0.25, 0.3) is 10.2 Å². The Morgan fingerprint density at radius 2 is 1.71 bits per heavy atom. The molecule has 0 spiro atoms. The van der Waals surface area contributed by atoms with Crippen LogP contribution in [0.5, 0.6) is 0 Å². The first-order valence-corrected chi connectivity index (χ1v) is 8.07. The van der Waals surface area contributed by atoms with Crippen molar-refractivity contribution in [2.45, 2.75) is 25.7 Å². The molecule has 1 aromatic heterocycles. The van der Waals surface area contributed by atoms with E-state index in [2.05, 4.69) is 29.2 Å². The molecule has 0 unspecified atom stereocenters. The van der Waals surface area contributed by atoms with Gasteiger partial charge in [0, 0.05) is 6.42 Å². The van der Waals surface area contributed by atoms with Gasteiger partial charge in [-0.25, -0.2) is 4.98 Å². The monoisotopic (exact) mass is 295 g/mol. The molecule has 3 aromatic rings. The Morgan fingerprint density at radius 1 is 0.952 bits per heavy atom. The fourth-order valence-electron chi connectivity index (χ4n) is 2.36. The standard InChI is InChI=1S/C18H17NOS/c20-16(12-6-4-10-14-8-2-1-3-9-14)18-19-15-11-5-7-13-17(15)21-18/h1-3,5,7-9,11,13H,4,6,10,12H2. The summed E-state index contributed by atoms with van der Waals surface area (Å²) in [7, 11) is 0. The van der Waals surface area contributed by atoms with Gasteiger partial charge in [0.2, 0.25) is 0 Å². The van der Waals surface area contributed by atoms with E-state index in [0.29, 0.717) is 11.4 Å². The van der Waals surface area contributed by atoms with Crippen molar-refractivity contribution in [3.05, 3.63) is 65.2 Å². The Morgan fingerprint density at radius 3 is 2.52 bits per heavy atom. The summed E-state index contributed by atoms with van der Waals surface area (Å²) in [4.78, 5) is 16.6. The van der Waals surface area contributed by atoms with E-state index in [1.165, 1.54) is 16.9 Å². The Balaban J connectivity index is 1.52. The van der Waals surface area contributed by atoms with Gasteiger partial charge in [-0.2, -0.15) is 0 Å². The van der Waals surface area contributed by atoms with Crippen molar-refractivity contribution in [1.29, 1.82) is 0 Å². The molecule has 0 atom stereocenters.